The van der Waals surface area contributed by atoms with Crippen LogP contribution in [0, 0.1) is 17.3 Å². The van der Waals surface area contributed by atoms with Crippen molar-refractivity contribution in [3.63, 3.8) is 0 Å². The van der Waals surface area contributed by atoms with E-state index in [0.717, 1.165) is 0 Å². The summed E-state index contributed by atoms with van der Waals surface area (Å²) in [6, 6.07) is 0. The molecular weight excluding hydrogens is 259 g/mol. The average Bonchev–Trinajstić information content (AvgIpc) is 2.32. The summed E-state index contributed by atoms with van der Waals surface area (Å²) in [5, 5.41) is 1.72. The molecule has 0 saturated carbocycles. The quantitative estimate of drug-likeness (QED) is 0.427. The van der Waals surface area contributed by atoms with E-state index in [4.69, 9.17) is 0 Å². The van der Waals surface area contributed by atoms with Crippen LogP contribution in [0.15, 0.2) is 36.5 Å². The molecule has 1 aliphatic rings. The molecule has 0 N–H and O–H groups in total. The van der Waals surface area contributed by atoms with Gasteiger partial charge in [0.2, 0.25) is 0 Å². The molecule has 1 aliphatic carbocycles. The van der Waals surface area contributed by atoms with E-state index in [2.05, 4.69) is 66.3 Å². The summed E-state index contributed by atoms with van der Waals surface area (Å²) in [4.78, 5) is 0. The highest BCUT2D eigenvalue weighted by Crippen LogP contribution is 2.41. The van der Waals surface area contributed by atoms with Crippen molar-refractivity contribution in [2.45, 2.75) is 47.0 Å². The Morgan fingerprint density at radius 2 is 2.05 bits per heavy atom. The number of rotatable bonds is 5. The third-order valence-electron chi connectivity index (χ3n) is 4.50. The highest BCUT2D eigenvalue weighted by Gasteiger charge is 2.31. The Balaban J connectivity index is 2.98. The van der Waals surface area contributed by atoms with Gasteiger partial charge >= 0.3 is 0 Å². The van der Waals surface area contributed by atoms with Crippen LogP contribution in [0.3, 0.4) is 0 Å². The zero-order valence-corrected chi connectivity index (χ0v) is 15.2. The highest BCUT2D eigenvalue weighted by atomic mass is 31.1. The van der Waals surface area contributed by atoms with E-state index < -0.39 is 0 Å². The van der Waals surface area contributed by atoms with Gasteiger partial charge in [-0.2, -0.15) is 0 Å². The summed E-state index contributed by atoms with van der Waals surface area (Å²) in [5.74, 6) is 1.18. The van der Waals surface area contributed by atoms with Gasteiger partial charge in [0.25, 0.3) is 0 Å². The minimum atomic E-state index is 0.00737. The largest absolute Gasteiger partial charge is 0.104 e. The molecule has 0 spiro atoms. The Hall–Kier alpha value is -0.610. The van der Waals surface area contributed by atoms with Crippen molar-refractivity contribution in [3.8, 4) is 0 Å². The van der Waals surface area contributed by atoms with Crippen LogP contribution < -0.4 is 0 Å². The van der Waals surface area contributed by atoms with E-state index in [0.29, 0.717) is 17.3 Å². The van der Waals surface area contributed by atoms with Gasteiger partial charge < -0.3 is 0 Å². The fourth-order valence-electron chi connectivity index (χ4n) is 3.32. The van der Waals surface area contributed by atoms with Crippen molar-refractivity contribution in [3.05, 3.63) is 36.5 Å². The molecule has 0 aliphatic heterocycles. The second kappa shape index (κ2) is 6.90. The smallest absolute Gasteiger partial charge is 0.0994 e. The van der Waals surface area contributed by atoms with Crippen molar-refractivity contribution < 1.29 is 0 Å². The summed E-state index contributed by atoms with van der Waals surface area (Å²) >= 11 is 0. The third kappa shape index (κ3) is 4.45. The molecule has 0 aromatic carbocycles. The van der Waals surface area contributed by atoms with Crippen LogP contribution in [0.5, 0.6) is 0 Å². The van der Waals surface area contributed by atoms with E-state index in [1.165, 1.54) is 30.4 Å². The van der Waals surface area contributed by atoms with Gasteiger partial charge in [-0.05, 0) is 31.1 Å². The minimum absolute atomic E-state index is 0.00737. The zero-order chi connectivity index (χ0) is 15.5. The molecule has 0 nitrogen and oxygen atoms in total. The first-order valence-corrected chi connectivity index (χ1v) is 9.98. The van der Waals surface area contributed by atoms with E-state index >= 15 is 0 Å². The SMILES string of the molecule is C=C1C=CC(C)(C)CC1CC(C(=C)C)C(CC)=[P+](C)C. The molecular formula is C19H32P+. The first kappa shape index (κ1) is 17.4. The zero-order valence-electron chi connectivity index (χ0n) is 14.3. The van der Waals surface area contributed by atoms with Gasteiger partial charge in [-0.3, -0.25) is 0 Å². The topological polar surface area (TPSA) is 0 Å². The maximum absolute atomic E-state index is 4.28. The van der Waals surface area contributed by atoms with Crippen LogP contribution in [0.4, 0.5) is 0 Å². The number of allylic oxidation sites excluding steroid dienone is 4. The molecule has 112 valence electrons. The summed E-state index contributed by atoms with van der Waals surface area (Å²) in [5.41, 5.74) is 2.95. The fourth-order valence-corrected chi connectivity index (χ4v) is 4.90. The average molecular weight is 291 g/mol. The van der Waals surface area contributed by atoms with Gasteiger partial charge in [-0.1, -0.05) is 57.2 Å². The molecule has 2 atom stereocenters. The van der Waals surface area contributed by atoms with Gasteiger partial charge in [-0.15, -0.1) is 0 Å². The van der Waals surface area contributed by atoms with Crippen molar-refractivity contribution in [2.24, 2.45) is 17.3 Å². The van der Waals surface area contributed by atoms with E-state index in [9.17, 15) is 0 Å². The van der Waals surface area contributed by atoms with Crippen molar-refractivity contribution in [1.29, 1.82) is 0 Å². The van der Waals surface area contributed by atoms with Gasteiger partial charge in [-0.25, -0.2) is 0 Å². The van der Waals surface area contributed by atoms with E-state index in [1.54, 1.807) is 5.29 Å². The predicted octanol–water partition coefficient (Wildman–Crippen LogP) is 6.05. The number of hydrogen-bond donors (Lipinski definition) is 0. The molecule has 2 unspecified atom stereocenters. The van der Waals surface area contributed by atoms with E-state index in [-0.39, 0.29) is 7.55 Å². The monoisotopic (exact) mass is 291 g/mol. The van der Waals surface area contributed by atoms with Crippen LogP contribution in [-0.2, 0) is 0 Å². The standard InChI is InChI=1S/C19H32P/c1-9-18(20(7)8)17(14(2)3)12-16-13-19(5,6)11-10-15(16)4/h10-11,16-17H,2,4,9,12-13H2,1,3,5-8H3/q+1. The molecule has 0 radical (unpaired) electrons. The summed E-state index contributed by atoms with van der Waals surface area (Å²) in [6.07, 6.45) is 8.17. The maximum Gasteiger partial charge on any atom is 0.104 e. The molecule has 0 aromatic rings. The molecule has 0 heterocycles. The van der Waals surface area contributed by atoms with Crippen molar-refractivity contribution in [1.82, 2.24) is 0 Å². The Bertz CT molecular complexity index is 444. The first-order chi connectivity index (χ1) is 9.18. The van der Waals surface area contributed by atoms with Gasteiger partial charge in [0.15, 0.2) is 0 Å². The van der Waals surface area contributed by atoms with Crippen molar-refractivity contribution in [2.75, 3.05) is 13.3 Å². The Morgan fingerprint density at radius 1 is 1.45 bits per heavy atom. The van der Waals surface area contributed by atoms with Crippen LogP contribution in [-0.4, -0.2) is 18.6 Å². The highest BCUT2D eigenvalue weighted by molar-refractivity contribution is 7.57. The van der Waals surface area contributed by atoms with Crippen LogP contribution >= 0.6 is 7.55 Å². The lowest BCUT2D eigenvalue weighted by Crippen LogP contribution is -2.25. The lowest BCUT2D eigenvalue weighted by molar-refractivity contribution is 0.330. The van der Waals surface area contributed by atoms with E-state index in [1.807, 2.05) is 0 Å². The maximum atomic E-state index is 4.28. The summed E-state index contributed by atoms with van der Waals surface area (Å²) in [7, 11) is 0.00737. The van der Waals surface area contributed by atoms with Crippen molar-refractivity contribution >= 4 is 12.8 Å². The van der Waals surface area contributed by atoms with Crippen LogP contribution in [0.1, 0.15) is 47.0 Å². The fraction of sp³-hybridized carbons (Fsp3) is 0.632. The molecule has 1 heteroatoms. The molecule has 1 rings (SSSR count). The molecule has 0 aromatic heterocycles. The summed E-state index contributed by atoms with van der Waals surface area (Å²) in [6.45, 7) is 22.5. The van der Waals surface area contributed by atoms with Crippen LogP contribution in [0.2, 0.25) is 0 Å². The van der Waals surface area contributed by atoms with Gasteiger partial charge in [0, 0.05) is 12.3 Å². The van der Waals surface area contributed by atoms with Gasteiger partial charge in [0.05, 0.1) is 20.9 Å². The Kier molecular flexibility index (Phi) is 6.02. The first-order valence-electron chi connectivity index (χ1n) is 7.74. The predicted molar refractivity (Wildman–Crippen MR) is 97.2 cm³/mol. The third-order valence-corrected chi connectivity index (χ3v) is 6.28. The molecule has 0 fully saturated rings. The Morgan fingerprint density at radius 3 is 2.50 bits per heavy atom. The minimum Gasteiger partial charge on any atom is -0.0994 e. The second-order valence-electron chi connectivity index (χ2n) is 7.17. The van der Waals surface area contributed by atoms with Gasteiger partial charge in [0.1, 0.15) is 5.29 Å². The lowest BCUT2D eigenvalue weighted by atomic mass is 9.71. The number of hydrogen-bond acceptors (Lipinski definition) is 0. The van der Waals surface area contributed by atoms with Crippen LogP contribution in [0.25, 0.3) is 0 Å². The molecule has 0 amide bonds. The Labute approximate surface area is 127 Å². The normalized spacial score (nSPS) is 22.5. The lowest BCUT2D eigenvalue weighted by Gasteiger charge is -2.34. The second-order valence-corrected chi connectivity index (χ2v) is 9.54. The molecule has 0 saturated heterocycles. The molecule has 20 heavy (non-hydrogen) atoms. The summed E-state index contributed by atoms with van der Waals surface area (Å²) < 4.78 is 0. The molecule has 0 bridgehead atoms.